The van der Waals surface area contributed by atoms with Gasteiger partial charge in [-0.1, -0.05) is 19.1 Å². The number of hydrogen-bond donors (Lipinski definition) is 3. The number of carboxylic acids is 1. The fourth-order valence-corrected chi connectivity index (χ4v) is 6.86. The van der Waals surface area contributed by atoms with E-state index >= 15 is 0 Å². The summed E-state index contributed by atoms with van der Waals surface area (Å²) >= 11 is 1.31. The number of β-lactam (4-membered cyclic amide) rings is 1. The number of likely N-dealkylation sites (N-methyl/N-ethyl adjacent to an activating group) is 1. The van der Waals surface area contributed by atoms with Crippen LogP contribution in [0.25, 0.3) is 0 Å². The number of rotatable bonds is 7. The van der Waals surface area contributed by atoms with Gasteiger partial charge < -0.3 is 20.4 Å². The first kappa shape index (κ1) is 24.6. The zero-order chi connectivity index (χ0) is 24.9. The molecule has 0 bridgehead atoms. The Hall–Kier alpha value is -2.50. The van der Waals surface area contributed by atoms with E-state index in [-0.39, 0.29) is 34.9 Å². The van der Waals surface area contributed by atoms with Crippen molar-refractivity contribution in [3.8, 4) is 0 Å². The molecule has 0 spiro atoms. The Bertz CT molecular complexity index is 1070. The molecule has 2 saturated heterocycles. The van der Waals surface area contributed by atoms with Crippen LogP contribution in [0.1, 0.15) is 25.8 Å². The maximum Gasteiger partial charge on any atom is 0.353 e. The lowest BCUT2D eigenvalue weighted by molar-refractivity contribution is -0.163. The standard InChI is InChI=1S/C23H27F2N3O5S/c1-10-18-16(11(2)29)22(31)28(18)19(23(32)33)20(10)34-13-7-15(21(30)26-3)27(9-13)8-12-5-4-6-14(24)17(12)25/h4-6,10-11,13,15-16,18,29H,7-9H2,1-3H3,(H,26,30)(H,32,33). The number of hydrogen-bond acceptors (Lipinski definition) is 6. The van der Waals surface area contributed by atoms with Crippen LogP contribution in [0, 0.1) is 23.5 Å². The summed E-state index contributed by atoms with van der Waals surface area (Å²) in [6, 6.07) is 2.89. The number of amides is 2. The van der Waals surface area contributed by atoms with Gasteiger partial charge in [-0.25, -0.2) is 13.6 Å². The molecule has 0 saturated carbocycles. The molecule has 0 radical (unpaired) electrons. The highest BCUT2D eigenvalue weighted by Gasteiger charge is 2.60. The molecule has 0 aromatic heterocycles. The first-order valence-electron chi connectivity index (χ1n) is 11.1. The van der Waals surface area contributed by atoms with Crippen LogP contribution in [0.2, 0.25) is 0 Å². The van der Waals surface area contributed by atoms with Crippen molar-refractivity contribution in [2.75, 3.05) is 13.6 Å². The number of benzene rings is 1. The van der Waals surface area contributed by atoms with E-state index in [0.29, 0.717) is 17.9 Å². The third kappa shape index (κ3) is 3.99. The smallest absolute Gasteiger partial charge is 0.353 e. The minimum absolute atomic E-state index is 0.0243. The molecular formula is C23H27F2N3O5S. The van der Waals surface area contributed by atoms with E-state index in [1.54, 1.807) is 4.90 Å². The SMILES string of the molecule is CNC(=O)C1CC(SC2=C(C(=O)O)N3C(=O)C(C(C)O)C3C2C)CN1Cc1cccc(F)c1F. The number of halogens is 2. The Labute approximate surface area is 200 Å². The lowest BCUT2D eigenvalue weighted by Gasteiger charge is -2.46. The predicted octanol–water partition coefficient (Wildman–Crippen LogP) is 1.54. The van der Waals surface area contributed by atoms with Crippen molar-refractivity contribution < 1.29 is 33.4 Å². The minimum atomic E-state index is -1.21. The van der Waals surface area contributed by atoms with Crippen molar-refractivity contribution in [1.29, 1.82) is 0 Å². The highest BCUT2D eigenvalue weighted by atomic mass is 32.2. The molecule has 4 rings (SSSR count). The number of thioether (sulfide) groups is 1. The van der Waals surface area contributed by atoms with Crippen LogP contribution in [0.5, 0.6) is 0 Å². The first-order chi connectivity index (χ1) is 16.1. The largest absolute Gasteiger partial charge is 0.477 e. The van der Waals surface area contributed by atoms with E-state index in [4.69, 9.17) is 0 Å². The van der Waals surface area contributed by atoms with Gasteiger partial charge >= 0.3 is 5.97 Å². The summed E-state index contributed by atoms with van der Waals surface area (Å²) in [4.78, 5) is 40.7. The molecular weight excluding hydrogens is 468 g/mol. The highest BCUT2D eigenvalue weighted by Crippen LogP contribution is 2.52. The van der Waals surface area contributed by atoms with Crippen LogP contribution in [-0.4, -0.2) is 74.8 Å². The number of aliphatic carboxylic acids is 1. The summed E-state index contributed by atoms with van der Waals surface area (Å²) in [5, 5.41) is 22.3. The van der Waals surface area contributed by atoms with Crippen molar-refractivity contribution in [3.63, 3.8) is 0 Å². The van der Waals surface area contributed by atoms with Crippen molar-refractivity contribution in [2.24, 2.45) is 11.8 Å². The Morgan fingerprint density at radius 1 is 1.32 bits per heavy atom. The topological polar surface area (TPSA) is 110 Å². The molecule has 0 aliphatic carbocycles. The molecule has 1 aromatic carbocycles. The van der Waals surface area contributed by atoms with E-state index in [1.807, 2.05) is 6.92 Å². The van der Waals surface area contributed by atoms with Crippen LogP contribution in [-0.2, 0) is 20.9 Å². The van der Waals surface area contributed by atoms with Gasteiger partial charge in [-0.2, -0.15) is 0 Å². The number of fused-ring (bicyclic) bond motifs is 1. The number of aliphatic hydroxyl groups is 1. The van der Waals surface area contributed by atoms with Crippen LogP contribution in [0.4, 0.5) is 8.78 Å². The number of carboxylic acid groups (broad SMARTS) is 1. The van der Waals surface area contributed by atoms with Gasteiger partial charge in [0.2, 0.25) is 11.8 Å². The van der Waals surface area contributed by atoms with Gasteiger partial charge in [0.15, 0.2) is 11.6 Å². The van der Waals surface area contributed by atoms with Crippen LogP contribution in [0.15, 0.2) is 28.8 Å². The zero-order valence-corrected chi connectivity index (χ0v) is 19.8. The van der Waals surface area contributed by atoms with E-state index in [9.17, 15) is 33.4 Å². The van der Waals surface area contributed by atoms with Crippen LogP contribution >= 0.6 is 11.8 Å². The third-order valence-electron chi connectivity index (χ3n) is 6.92. The highest BCUT2D eigenvalue weighted by molar-refractivity contribution is 8.03. The molecule has 6 unspecified atom stereocenters. The molecule has 8 nitrogen and oxygen atoms in total. The average Bonchev–Trinajstić information content (AvgIpc) is 3.28. The Morgan fingerprint density at radius 3 is 2.65 bits per heavy atom. The average molecular weight is 496 g/mol. The van der Waals surface area contributed by atoms with Gasteiger partial charge in [0.25, 0.3) is 0 Å². The Balaban J connectivity index is 1.58. The Kier molecular flexibility index (Phi) is 6.71. The normalized spacial score (nSPS) is 29.8. The molecule has 3 heterocycles. The zero-order valence-electron chi connectivity index (χ0n) is 19.0. The molecule has 184 valence electrons. The molecule has 34 heavy (non-hydrogen) atoms. The number of carbonyl (C=O) groups is 3. The molecule has 2 fully saturated rings. The summed E-state index contributed by atoms with van der Waals surface area (Å²) < 4.78 is 28.0. The quantitative estimate of drug-likeness (QED) is 0.492. The van der Waals surface area contributed by atoms with Crippen LogP contribution in [0.3, 0.4) is 0 Å². The summed E-state index contributed by atoms with van der Waals surface area (Å²) in [6.45, 7) is 3.73. The van der Waals surface area contributed by atoms with E-state index < -0.39 is 47.6 Å². The predicted molar refractivity (Wildman–Crippen MR) is 120 cm³/mol. The number of aliphatic hydroxyl groups excluding tert-OH is 1. The number of nitrogens with zero attached hydrogens (tertiary/aromatic N) is 2. The second-order valence-corrected chi connectivity index (χ2v) is 10.4. The lowest BCUT2D eigenvalue weighted by Crippen LogP contribution is -2.63. The molecule has 3 aliphatic heterocycles. The second kappa shape index (κ2) is 9.27. The van der Waals surface area contributed by atoms with E-state index in [2.05, 4.69) is 5.32 Å². The molecule has 1 aromatic rings. The number of likely N-dealkylation sites (tertiary alicyclic amines) is 1. The van der Waals surface area contributed by atoms with Gasteiger partial charge in [0, 0.05) is 41.8 Å². The van der Waals surface area contributed by atoms with Crippen molar-refractivity contribution in [3.05, 3.63) is 46.0 Å². The summed E-state index contributed by atoms with van der Waals surface area (Å²) in [7, 11) is 1.50. The number of nitrogens with one attached hydrogen (secondary N) is 1. The Morgan fingerprint density at radius 2 is 2.03 bits per heavy atom. The van der Waals surface area contributed by atoms with Crippen molar-refractivity contribution in [2.45, 2.75) is 50.3 Å². The lowest BCUT2D eigenvalue weighted by atomic mass is 9.79. The maximum atomic E-state index is 14.3. The molecule has 11 heteroatoms. The summed E-state index contributed by atoms with van der Waals surface area (Å²) in [6.07, 6.45) is -0.514. The molecule has 3 aliphatic rings. The van der Waals surface area contributed by atoms with E-state index in [0.717, 1.165) is 6.07 Å². The molecule has 3 N–H and O–H groups in total. The monoisotopic (exact) mass is 495 g/mol. The third-order valence-corrected chi connectivity index (χ3v) is 8.42. The number of carbonyl (C=O) groups excluding carboxylic acids is 2. The van der Waals surface area contributed by atoms with Gasteiger partial charge in [-0.05, 0) is 19.4 Å². The van der Waals surface area contributed by atoms with Gasteiger partial charge in [-0.3, -0.25) is 14.5 Å². The van der Waals surface area contributed by atoms with Gasteiger partial charge in [0.05, 0.1) is 24.1 Å². The summed E-state index contributed by atoms with van der Waals surface area (Å²) in [5.41, 5.74) is 0.0595. The first-order valence-corrected chi connectivity index (χ1v) is 12.0. The second-order valence-electron chi connectivity index (χ2n) is 9.02. The van der Waals surface area contributed by atoms with Crippen molar-refractivity contribution in [1.82, 2.24) is 15.1 Å². The van der Waals surface area contributed by atoms with Crippen LogP contribution < -0.4 is 5.32 Å². The fraction of sp³-hybridized carbons (Fsp3) is 0.522. The van der Waals surface area contributed by atoms with Gasteiger partial charge in [-0.15, -0.1) is 11.8 Å². The summed E-state index contributed by atoms with van der Waals surface area (Å²) in [5.74, 6) is -4.75. The van der Waals surface area contributed by atoms with Crippen molar-refractivity contribution >= 4 is 29.5 Å². The molecule has 2 amide bonds. The molecule has 6 atom stereocenters. The fourth-order valence-electron chi connectivity index (χ4n) is 5.31. The van der Waals surface area contributed by atoms with Gasteiger partial charge in [0.1, 0.15) is 5.70 Å². The van der Waals surface area contributed by atoms with E-state index in [1.165, 1.54) is 42.8 Å². The maximum absolute atomic E-state index is 14.3. The minimum Gasteiger partial charge on any atom is -0.477 e.